The van der Waals surface area contributed by atoms with Gasteiger partial charge in [0.1, 0.15) is 6.54 Å². The maximum atomic E-state index is 12.7. The van der Waals surface area contributed by atoms with E-state index in [0.717, 1.165) is 4.90 Å². The molecule has 0 aliphatic heterocycles. The molecule has 0 aliphatic carbocycles. The number of rotatable bonds is 5. The van der Waals surface area contributed by atoms with Gasteiger partial charge in [0.25, 0.3) is 0 Å². The van der Waals surface area contributed by atoms with Crippen molar-refractivity contribution in [3.05, 3.63) is 18.6 Å². The van der Waals surface area contributed by atoms with Crippen LogP contribution in [-0.2, 0) is 0 Å². The number of hydrogen-bond donors (Lipinski definition) is 2. The number of halogens is 3. The lowest BCUT2D eigenvalue weighted by molar-refractivity contribution is -0.119. The fourth-order valence-electron chi connectivity index (χ4n) is 1.94. The number of nitrogen functional groups attached to an aromatic ring is 1. The highest BCUT2D eigenvalue weighted by atomic mass is 19.4. The summed E-state index contributed by atoms with van der Waals surface area (Å²) in [5.74, 6) is 5.72. The molecular formula is C11H15F3N6. The summed E-state index contributed by atoms with van der Waals surface area (Å²) in [5.41, 5.74) is 2.70. The van der Waals surface area contributed by atoms with Gasteiger partial charge in [-0.1, -0.05) is 6.92 Å². The van der Waals surface area contributed by atoms with Gasteiger partial charge in [0.2, 0.25) is 0 Å². The van der Waals surface area contributed by atoms with E-state index in [9.17, 15) is 13.2 Å². The lowest BCUT2D eigenvalue weighted by atomic mass is 10.3. The molecular weight excluding hydrogens is 273 g/mol. The van der Waals surface area contributed by atoms with E-state index >= 15 is 0 Å². The maximum Gasteiger partial charge on any atom is 0.405 e. The first-order chi connectivity index (χ1) is 9.44. The van der Waals surface area contributed by atoms with Crippen molar-refractivity contribution < 1.29 is 13.2 Å². The number of imidazole rings is 1. The molecule has 9 heteroatoms. The van der Waals surface area contributed by atoms with E-state index in [1.165, 1.54) is 6.20 Å². The number of hydrogen-bond acceptors (Lipinski definition) is 5. The van der Waals surface area contributed by atoms with Gasteiger partial charge in [-0.2, -0.15) is 13.2 Å². The summed E-state index contributed by atoms with van der Waals surface area (Å²) in [6.07, 6.45) is 0.929. The quantitative estimate of drug-likeness (QED) is 0.648. The Morgan fingerprint density at radius 1 is 1.45 bits per heavy atom. The molecule has 20 heavy (non-hydrogen) atoms. The molecule has 0 saturated carbocycles. The van der Waals surface area contributed by atoms with Crippen molar-refractivity contribution in [2.45, 2.75) is 19.5 Å². The second-order valence-corrected chi connectivity index (χ2v) is 4.29. The van der Waals surface area contributed by atoms with Crippen LogP contribution in [0.5, 0.6) is 0 Å². The molecule has 3 N–H and O–H groups in total. The zero-order valence-electron chi connectivity index (χ0n) is 10.9. The largest absolute Gasteiger partial charge is 0.405 e. The molecule has 0 amide bonds. The number of anilines is 2. The third-order valence-corrected chi connectivity index (χ3v) is 2.67. The van der Waals surface area contributed by atoms with Crippen LogP contribution < -0.4 is 16.2 Å². The normalized spacial score (nSPS) is 11.8. The minimum atomic E-state index is -4.31. The maximum absolute atomic E-state index is 12.7. The molecule has 2 aromatic rings. The second-order valence-electron chi connectivity index (χ2n) is 4.29. The molecule has 0 radical (unpaired) electrons. The van der Waals surface area contributed by atoms with Crippen molar-refractivity contribution in [2.75, 3.05) is 23.4 Å². The van der Waals surface area contributed by atoms with Crippen molar-refractivity contribution in [3.8, 4) is 0 Å². The third-order valence-electron chi connectivity index (χ3n) is 2.67. The summed E-state index contributed by atoms with van der Waals surface area (Å²) in [6.45, 7) is 0.949. The average Bonchev–Trinajstić information content (AvgIpc) is 2.83. The van der Waals surface area contributed by atoms with E-state index < -0.39 is 12.7 Å². The number of aromatic nitrogens is 3. The molecule has 0 atom stereocenters. The molecule has 0 saturated heterocycles. The molecule has 0 aliphatic rings. The van der Waals surface area contributed by atoms with E-state index in [1.807, 2.05) is 0 Å². The molecule has 0 fully saturated rings. The summed E-state index contributed by atoms with van der Waals surface area (Å²) < 4.78 is 39.6. The number of fused-ring (bicyclic) bond motifs is 1. The van der Waals surface area contributed by atoms with Gasteiger partial charge in [0, 0.05) is 18.9 Å². The van der Waals surface area contributed by atoms with Crippen LogP contribution in [0, 0.1) is 0 Å². The zero-order valence-corrected chi connectivity index (χ0v) is 10.9. The Morgan fingerprint density at radius 3 is 2.80 bits per heavy atom. The topological polar surface area (TPSA) is 71.5 Å². The molecule has 2 heterocycles. The number of hydrazine groups is 1. The minimum Gasteiger partial charge on any atom is -0.344 e. The predicted molar refractivity (Wildman–Crippen MR) is 69.4 cm³/mol. The summed E-state index contributed by atoms with van der Waals surface area (Å²) in [7, 11) is 0. The highest BCUT2D eigenvalue weighted by Crippen LogP contribution is 2.25. The predicted octanol–water partition coefficient (Wildman–Crippen LogP) is 1.79. The van der Waals surface area contributed by atoms with Crippen LogP contribution in [0.4, 0.5) is 24.8 Å². The number of nitrogens with two attached hydrogens (primary N) is 1. The fourth-order valence-corrected chi connectivity index (χ4v) is 1.94. The molecule has 0 spiro atoms. The van der Waals surface area contributed by atoms with Crippen molar-refractivity contribution in [3.63, 3.8) is 0 Å². The Hall–Kier alpha value is -2.03. The van der Waals surface area contributed by atoms with Crippen molar-refractivity contribution in [1.29, 1.82) is 0 Å². The molecule has 110 valence electrons. The first kappa shape index (κ1) is 14.4. The van der Waals surface area contributed by atoms with Gasteiger partial charge >= 0.3 is 6.18 Å². The van der Waals surface area contributed by atoms with Gasteiger partial charge in [-0.3, -0.25) is 0 Å². The van der Waals surface area contributed by atoms with Crippen LogP contribution in [-0.4, -0.2) is 33.6 Å². The van der Waals surface area contributed by atoms with E-state index in [1.54, 1.807) is 23.7 Å². The van der Waals surface area contributed by atoms with Gasteiger partial charge < -0.3 is 14.7 Å². The number of nitrogens with zero attached hydrogens (tertiary/aromatic N) is 4. The van der Waals surface area contributed by atoms with Crippen LogP contribution in [0.1, 0.15) is 13.3 Å². The van der Waals surface area contributed by atoms with E-state index in [0.29, 0.717) is 12.1 Å². The SMILES string of the molecule is CCCN(CC(F)(F)F)c1nc(NN)cn2ccnc12. The monoisotopic (exact) mass is 288 g/mol. The fraction of sp³-hybridized carbons (Fsp3) is 0.455. The second kappa shape index (κ2) is 5.53. The van der Waals surface area contributed by atoms with Crippen LogP contribution in [0.2, 0.25) is 0 Å². The summed E-state index contributed by atoms with van der Waals surface area (Å²) >= 11 is 0. The summed E-state index contributed by atoms with van der Waals surface area (Å²) in [6, 6.07) is 0. The first-order valence-corrected chi connectivity index (χ1v) is 6.06. The van der Waals surface area contributed by atoms with Gasteiger partial charge in [-0.15, -0.1) is 0 Å². The average molecular weight is 288 g/mol. The van der Waals surface area contributed by atoms with Crippen LogP contribution >= 0.6 is 0 Å². The molecule has 2 aromatic heterocycles. The molecule has 0 aromatic carbocycles. The standard InChI is InChI=1S/C11H15F3N6/c1-2-4-20(7-11(12,13)14)10-9-16-3-5-19(9)6-8(17-10)18-15/h3,5-6,18H,2,4,7,15H2,1H3. The van der Waals surface area contributed by atoms with Crippen LogP contribution in [0.15, 0.2) is 18.6 Å². The Labute approximate surface area is 113 Å². The highest BCUT2D eigenvalue weighted by Gasteiger charge is 2.32. The van der Waals surface area contributed by atoms with E-state index in [4.69, 9.17) is 5.84 Å². The van der Waals surface area contributed by atoms with Crippen molar-refractivity contribution in [1.82, 2.24) is 14.4 Å². The molecule has 0 bridgehead atoms. The molecule has 6 nitrogen and oxygen atoms in total. The lowest BCUT2D eigenvalue weighted by Crippen LogP contribution is -2.36. The van der Waals surface area contributed by atoms with Crippen molar-refractivity contribution >= 4 is 17.3 Å². The third kappa shape index (κ3) is 3.10. The van der Waals surface area contributed by atoms with Crippen LogP contribution in [0.25, 0.3) is 5.65 Å². The Kier molecular flexibility index (Phi) is 3.98. The Balaban J connectivity index is 2.48. The summed E-state index contributed by atoms with van der Waals surface area (Å²) in [5, 5.41) is 0. The summed E-state index contributed by atoms with van der Waals surface area (Å²) in [4.78, 5) is 9.31. The van der Waals surface area contributed by atoms with Gasteiger partial charge in [0.15, 0.2) is 17.3 Å². The first-order valence-electron chi connectivity index (χ1n) is 6.06. The van der Waals surface area contributed by atoms with E-state index in [2.05, 4.69) is 15.4 Å². The minimum absolute atomic E-state index is 0.157. The zero-order chi connectivity index (χ0) is 14.8. The smallest absolute Gasteiger partial charge is 0.344 e. The Morgan fingerprint density at radius 2 is 2.20 bits per heavy atom. The van der Waals surface area contributed by atoms with E-state index in [-0.39, 0.29) is 18.2 Å². The van der Waals surface area contributed by atoms with Gasteiger partial charge in [-0.25, -0.2) is 15.8 Å². The lowest BCUT2D eigenvalue weighted by Gasteiger charge is -2.25. The highest BCUT2D eigenvalue weighted by molar-refractivity contribution is 5.66. The number of nitrogens with one attached hydrogen (secondary N) is 1. The number of alkyl halides is 3. The van der Waals surface area contributed by atoms with Gasteiger partial charge in [-0.05, 0) is 6.42 Å². The molecule has 0 unspecified atom stereocenters. The van der Waals surface area contributed by atoms with Crippen LogP contribution in [0.3, 0.4) is 0 Å². The Bertz CT molecular complexity index is 579. The van der Waals surface area contributed by atoms with Gasteiger partial charge in [0.05, 0.1) is 6.20 Å². The molecule has 2 rings (SSSR count). The van der Waals surface area contributed by atoms with Crippen molar-refractivity contribution in [2.24, 2.45) is 5.84 Å².